The average molecular weight is 390 g/mol. The van der Waals surface area contributed by atoms with Crippen molar-refractivity contribution in [3.63, 3.8) is 0 Å². The molecule has 24 heavy (non-hydrogen) atoms. The highest BCUT2D eigenvalue weighted by molar-refractivity contribution is 8.93. The molecule has 1 saturated heterocycles. The predicted molar refractivity (Wildman–Crippen MR) is 101 cm³/mol. The van der Waals surface area contributed by atoms with Crippen molar-refractivity contribution in [1.82, 2.24) is 5.32 Å². The summed E-state index contributed by atoms with van der Waals surface area (Å²) in [5, 5.41) is 23.9. The number of phenols is 2. The maximum absolute atomic E-state index is 10.4. The molecule has 4 heteroatoms. The molecule has 1 aliphatic heterocycles. The van der Waals surface area contributed by atoms with Gasteiger partial charge in [-0.15, -0.1) is 17.0 Å². The fraction of sp³-hybridized carbons (Fsp3) is 0.400. The Morgan fingerprint density at radius 3 is 2.50 bits per heavy atom. The van der Waals surface area contributed by atoms with Gasteiger partial charge in [0.2, 0.25) is 0 Å². The van der Waals surface area contributed by atoms with Gasteiger partial charge in [-0.05, 0) is 55.3 Å². The molecule has 4 rings (SSSR count). The fourth-order valence-corrected chi connectivity index (χ4v) is 4.38. The van der Waals surface area contributed by atoms with Gasteiger partial charge in [-0.2, -0.15) is 0 Å². The number of phenolic OH excluding ortho intramolecular Hbond substituents is 2. The molecular weight excluding hydrogens is 366 g/mol. The molecule has 3 atom stereocenters. The molecule has 0 saturated carbocycles. The highest BCUT2D eigenvalue weighted by Crippen LogP contribution is 2.47. The zero-order chi connectivity index (χ0) is 15.8. The van der Waals surface area contributed by atoms with Crippen LogP contribution in [0.1, 0.15) is 47.8 Å². The highest BCUT2D eigenvalue weighted by atomic mass is 79.9. The molecule has 0 spiro atoms. The Morgan fingerprint density at radius 2 is 1.79 bits per heavy atom. The third-order valence-corrected chi connectivity index (χ3v) is 5.54. The van der Waals surface area contributed by atoms with Gasteiger partial charge in [0.25, 0.3) is 0 Å². The lowest BCUT2D eigenvalue weighted by atomic mass is 9.71. The van der Waals surface area contributed by atoms with Crippen LogP contribution >= 0.6 is 17.0 Å². The third kappa shape index (κ3) is 3.05. The maximum Gasteiger partial charge on any atom is 0.160 e. The van der Waals surface area contributed by atoms with E-state index in [9.17, 15) is 10.2 Å². The molecule has 1 heterocycles. The number of halogens is 1. The molecule has 128 valence electrons. The zero-order valence-electron chi connectivity index (χ0n) is 13.6. The van der Waals surface area contributed by atoms with Gasteiger partial charge in [0, 0.05) is 17.5 Å². The van der Waals surface area contributed by atoms with Crippen molar-refractivity contribution in [2.75, 3.05) is 6.54 Å². The van der Waals surface area contributed by atoms with Crippen molar-refractivity contribution in [2.45, 2.75) is 43.6 Å². The van der Waals surface area contributed by atoms with Crippen LogP contribution in [0, 0.1) is 0 Å². The summed E-state index contributed by atoms with van der Waals surface area (Å²) >= 11 is 0. The Morgan fingerprint density at radius 1 is 1.00 bits per heavy atom. The van der Waals surface area contributed by atoms with Crippen LogP contribution in [0.4, 0.5) is 0 Å². The van der Waals surface area contributed by atoms with Crippen LogP contribution in [-0.4, -0.2) is 22.8 Å². The lowest BCUT2D eigenvalue weighted by Crippen LogP contribution is -2.33. The molecule has 0 aromatic heterocycles. The molecule has 0 bridgehead atoms. The van der Waals surface area contributed by atoms with Crippen molar-refractivity contribution < 1.29 is 10.2 Å². The summed E-state index contributed by atoms with van der Waals surface area (Å²) in [5.41, 5.74) is 3.47. The number of benzene rings is 2. The van der Waals surface area contributed by atoms with Crippen molar-refractivity contribution in [1.29, 1.82) is 0 Å². The van der Waals surface area contributed by atoms with Crippen molar-refractivity contribution in [3.8, 4) is 11.5 Å². The van der Waals surface area contributed by atoms with Gasteiger partial charge in [-0.1, -0.05) is 36.4 Å². The van der Waals surface area contributed by atoms with Gasteiger partial charge >= 0.3 is 0 Å². The number of fused-ring (bicyclic) bond motifs is 1. The Balaban J connectivity index is 0.00000169. The van der Waals surface area contributed by atoms with E-state index in [0.717, 1.165) is 24.9 Å². The molecular formula is C20H24BrNO2. The van der Waals surface area contributed by atoms with E-state index in [4.69, 9.17) is 0 Å². The first kappa shape index (κ1) is 17.3. The second-order valence-electron chi connectivity index (χ2n) is 6.86. The number of hydrogen-bond acceptors (Lipinski definition) is 3. The monoisotopic (exact) mass is 389 g/mol. The van der Waals surface area contributed by atoms with Gasteiger partial charge in [0.05, 0.1) is 0 Å². The molecule has 1 fully saturated rings. The summed E-state index contributed by atoms with van der Waals surface area (Å²) in [6.45, 7) is 1.08. The van der Waals surface area contributed by atoms with Gasteiger partial charge in [0.1, 0.15) is 0 Å². The lowest BCUT2D eigenvalue weighted by Gasteiger charge is -2.36. The van der Waals surface area contributed by atoms with E-state index in [1.165, 1.54) is 24.0 Å². The Labute approximate surface area is 153 Å². The molecule has 2 aromatic rings. The van der Waals surface area contributed by atoms with Crippen LogP contribution in [0.25, 0.3) is 0 Å². The van der Waals surface area contributed by atoms with Crippen LogP contribution in [0.2, 0.25) is 0 Å². The summed E-state index contributed by atoms with van der Waals surface area (Å²) in [6, 6.07) is 14.7. The molecule has 2 aliphatic rings. The summed E-state index contributed by atoms with van der Waals surface area (Å²) < 4.78 is 0. The molecule has 0 radical (unpaired) electrons. The molecule has 3 unspecified atom stereocenters. The summed E-state index contributed by atoms with van der Waals surface area (Å²) in [5.74, 6) is 0.864. The first-order valence-corrected chi connectivity index (χ1v) is 8.56. The summed E-state index contributed by atoms with van der Waals surface area (Å²) in [4.78, 5) is 0. The quantitative estimate of drug-likeness (QED) is 0.673. The largest absolute Gasteiger partial charge is 0.504 e. The zero-order valence-corrected chi connectivity index (χ0v) is 15.3. The van der Waals surface area contributed by atoms with E-state index in [0.29, 0.717) is 17.9 Å². The first-order chi connectivity index (χ1) is 11.2. The van der Waals surface area contributed by atoms with E-state index in [2.05, 4.69) is 29.6 Å². The van der Waals surface area contributed by atoms with E-state index >= 15 is 0 Å². The molecule has 3 N–H and O–H groups in total. The first-order valence-electron chi connectivity index (χ1n) is 8.56. The van der Waals surface area contributed by atoms with Gasteiger partial charge in [0.15, 0.2) is 11.5 Å². The number of nitrogens with one attached hydrogen (secondary N) is 1. The second-order valence-corrected chi connectivity index (χ2v) is 6.86. The van der Waals surface area contributed by atoms with Crippen molar-refractivity contribution >= 4 is 17.0 Å². The molecule has 3 nitrogen and oxygen atoms in total. The molecule has 1 aliphatic carbocycles. The summed E-state index contributed by atoms with van der Waals surface area (Å²) in [7, 11) is 0. The average Bonchev–Trinajstić information content (AvgIpc) is 3.13. The predicted octanol–water partition coefficient (Wildman–Crippen LogP) is 4.24. The Kier molecular flexibility index (Phi) is 5.16. The maximum atomic E-state index is 10.4. The van der Waals surface area contributed by atoms with Gasteiger partial charge in [-0.3, -0.25) is 0 Å². The van der Waals surface area contributed by atoms with Crippen LogP contribution < -0.4 is 5.32 Å². The minimum absolute atomic E-state index is 0. The lowest BCUT2D eigenvalue weighted by molar-refractivity contribution is 0.371. The SMILES string of the molecule is Br.Oc1ccc2c(c1O)CC(c1ccccc1)CC2C1CCCN1. The van der Waals surface area contributed by atoms with Gasteiger partial charge in [-0.25, -0.2) is 0 Å². The van der Waals surface area contributed by atoms with Crippen LogP contribution in [0.3, 0.4) is 0 Å². The van der Waals surface area contributed by atoms with E-state index < -0.39 is 0 Å². The third-order valence-electron chi connectivity index (χ3n) is 5.54. The molecule has 0 amide bonds. The van der Waals surface area contributed by atoms with Crippen LogP contribution in [-0.2, 0) is 6.42 Å². The van der Waals surface area contributed by atoms with E-state index in [1.54, 1.807) is 6.07 Å². The smallest absolute Gasteiger partial charge is 0.160 e. The highest BCUT2D eigenvalue weighted by Gasteiger charge is 2.35. The van der Waals surface area contributed by atoms with E-state index in [1.807, 2.05) is 12.1 Å². The van der Waals surface area contributed by atoms with Crippen molar-refractivity contribution in [2.24, 2.45) is 0 Å². The van der Waals surface area contributed by atoms with Crippen LogP contribution in [0.5, 0.6) is 11.5 Å². The van der Waals surface area contributed by atoms with Crippen LogP contribution in [0.15, 0.2) is 42.5 Å². The topological polar surface area (TPSA) is 52.5 Å². The molecule has 2 aromatic carbocycles. The Bertz CT molecular complexity index is 698. The standard InChI is InChI=1S/C20H23NO2.BrH/c22-19-9-8-15-16(18-7-4-10-21-18)11-14(12-17(15)20(19)23)13-5-2-1-3-6-13;/h1-3,5-6,8-9,14,16,18,21-23H,4,7,10-12H2;1H. The van der Waals surface area contributed by atoms with E-state index in [-0.39, 0.29) is 28.5 Å². The summed E-state index contributed by atoms with van der Waals surface area (Å²) in [6.07, 6.45) is 4.30. The van der Waals surface area contributed by atoms with Gasteiger partial charge < -0.3 is 15.5 Å². The normalized spacial score (nSPS) is 25.8. The minimum atomic E-state index is -0.00408. The second kappa shape index (κ2) is 7.16. The number of hydrogen-bond donors (Lipinski definition) is 3. The number of rotatable bonds is 2. The minimum Gasteiger partial charge on any atom is -0.504 e. The van der Waals surface area contributed by atoms with Crippen molar-refractivity contribution in [3.05, 3.63) is 59.2 Å². The fourth-order valence-electron chi connectivity index (χ4n) is 4.38. The number of aromatic hydroxyl groups is 2. The Hall–Kier alpha value is -1.52.